The Kier molecular flexibility index (Phi) is 5.62. The predicted molar refractivity (Wildman–Crippen MR) is 146 cm³/mol. The molecule has 0 N–H and O–H groups in total. The molecule has 0 fully saturated rings. The van der Waals surface area contributed by atoms with E-state index in [1.54, 1.807) is 36.3 Å². The molecule has 6 heteroatoms. The summed E-state index contributed by atoms with van der Waals surface area (Å²) in [7, 11) is 1.56. The van der Waals surface area contributed by atoms with Crippen molar-refractivity contribution in [3.8, 4) is 11.4 Å². The Labute approximate surface area is 213 Å². The van der Waals surface area contributed by atoms with Gasteiger partial charge in [-0.1, -0.05) is 72.8 Å². The lowest BCUT2D eigenvalue weighted by molar-refractivity contribution is -0.113. The third-order valence-electron chi connectivity index (χ3n) is 6.55. The van der Waals surface area contributed by atoms with Crippen LogP contribution in [-0.4, -0.2) is 22.6 Å². The molecule has 180 valence electrons. The van der Waals surface area contributed by atoms with E-state index in [0.717, 1.165) is 16.8 Å². The number of carbonyl (C=O) groups is 1. The molecule has 0 spiro atoms. The number of hydrogen-bond acceptors (Lipinski definition) is 4. The Hall–Kier alpha value is -4.97. The molecule has 37 heavy (non-hydrogen) atoms. The van der Waals surface area contributed by atoms with Crippen molar-refractivity contribution in [3.63, 3.8) is 0 Å². The lowest BCUT2D eigenvalue weighted by Gasteiger charge is -2.17. The second-order valence-corrected chi connectivity index (χ2v) is 8.75. The number of nitrogens with zero attached hydrogens (tertiary/aromatic N) is 3. The van der Waals surface area contributed by atoms with Crippen molar-refractivity contribution in [1.29, 1.82) is 0 Å². The van der Waals surface area contributed by atoms with Gasteiger partial charge < -0.3 is 9.64 Å². The summed E-state index contributed by atoms with van der Waals surface area (Å²) >= 11 is 0. The second-order valence-electron chi connectivity index (χ2n) is 8.75. The molecular weight excluding hydrogens is 462 g/mol. The van der Waals surface area contributed by atoms with E-state index in [0.29, 0.717) is 40.3 Å². The van der Waals surface area contributed by atoms with Gasteiger partial charge in [0, 0.05) is 5.56 Å². The first-order valence-corrected chi connectivity index (χ1v) is 12.0. The van der Waals surface area contributed by atoms with Crippen LogP contribution in [0.2, 0.25) is 0 Å². The Morgan fingerprint density at radius 3 is 2.27 bits per heavy atom. The molecular formula is C31H23N3O3. The van der Waals surface area contributed by atoms with Crippen molar-refractivity contribution < 1.29 is 9.53 Å². The largest absolute Gasteiger partial charge is 0.495 e. The molecule has 0 atom stereocenters. The zero-order valence-corrected chi connectivity index (χ0v) is 20.2. The van der Waals surface area contributed by atoms with Crippen LogP contribution in [0.4, 0.5) is 5.69 Å². The molecule has 4 aromatic carbocycles. The quantitative estimate of drug-likeness (QED) is 0.309. The lowest BCUT2D eigenvalue weighted by Crippen LogP contribution is -2.26. The summed E-state index contributed by atoms with van der Waals surface area (Å²) in [6, 6.07) is 32.1. The third-order valence-corrected chi connectivity index (χ3v) is 6.55. The second kappa shape index (κ2) is 9.24. The summed E-state index contributed by atoms with van der Waals surface area (Å²) in [5.41, 5.74) is 4.03. The van der Waals surface area contributed by atoms with Gasteiger partial charge in [0.25, 0.3) is 11.5 Å². The van der Waals surface area contributed by atoms with E-state index in [2.05, 4.69) is 0 Å². The maximum absolute atomic E-state index is 13.8. The van der Waals surface area contributed by atoms with Crippen LogP contribution in [0, 0.1) is 0 Å². The van der Waals surface area contributed by atoms with E-state index < -0.39 is 0 Å². The number of fused-ring (bicyclic) bond motifs is 2. The number of para-hydroxylation sites is 4. The molecule has 0 aliphatic carbocycles. The van der Waals surface area contributed by atoms with Crippen LogP contribution in [0.1, 0.15) is 17.0 Å². The Morgan fingerprint density at radius 2 is 1.46 bits per heavy atom. The average molecular weight is 486 g/mol. The minimum Gasteiger partial charge on any atom is -0.495 e. The standard InChI is InChI=1S/C31H23N3O3/c1-37-28-18-10-9-17-27(28)34-29(32-25-15-7-5-14-23(25)31(34)36)19-24-22-13-6-8-16-26(22)33(30(24)35)20-21-11-3-2-4-12-21/h2-19H,20H2,1H3/b24-19-. The fraction of sp³-hybridized carbons (Fsp3) is 0.0645. The molecule has 6 rings (SSSR count). The summed E-state index contributed by atoms with van der Waals surface area (Å²) < 4.78 is 7.09. The zero-order chi connectivity index (χ0) is 25.4. The topological polar surface area (TPSA) is 64.4 Å². The fourth-order valence-electron chi connectivity index (χ4n) is 4.79. The average Bonchev–Trinajstić information content (AvgIpc) is 3.20. The van der Waals surface area contributed by atoms with Crippen molar-refractivity contribution in [2.24, 2.45) is 0 Å². The number of carbonyl (C=O) groups excluding carboxylic acids is 1. The van der Waals surface area contributed by atoms with E-state index in [9.17, 15) is 9.59 Å². The monoisotopic (exact) mass is 485 g/mol. The highest BCUT2D eigenvalue weighted by molar-refractivity contribution is 6.35. The lowest BCUT2D eigenvalue weighted by atomic mass is 10.1. The third kappa shape index (κ3) is 3.89. The van der Waals surface area contributed by atoms with Crippen LogP contribution in [0.15, 0.2) is 108 Å². The van der Waals surface area contributed by atoms with Gasteiger partial charge in [0.15, 0.2) is 0 Å². The van der Waals surface area contributed by atoms with Gasteiger partial charge in [0.1, 0.15) is 11.6 Å². The summed E-state index contributed by atoms with van der Waals surface area (Å²) in [4.78, 5) is 34.2. The number of aromatic nitrogens is 2. The number of rotatable bonds is 5. The first-order valence-electron chi connectivity index (χ1n) is 12.0. The number of amides is 1. The number of anilines is 1. The number of methoxy groups -OCH3 is 1. The highest BCUT2D eigenvalue weighted by Crippen LogP contribution is 2.38. The Balaban J connectivity index is 1.57. The molecule has 1 aliphatic rings. The SMILES string of the molecule is COc1ccccc1-n1c(/C=C2\C(=O)N(Cc3ccccc3)c3ccccc32)nc2ccccc2c1=O. The van der Waals surface area contributed by atoms with E-state index in [1.807, 2.05) is 84.9 Å². The smallest absolute Gasteiger partial charge is 0.266 e. The molecule has 2 heterocycles. The molecule has 6 nitrogen and oxygen atoms in total. The molecule has 1 aromatic heterocycles. The van der Waals surface area contributed by atoms with E-state index in [4.69, 9.17) is 9.72 Å². The van der Waals surface area contributed by atoms with Crippen molar-refractivity contribution in [2.45, 2.75) is 6.54 Å². The van der Waals surface area contributed by atoms with Gasteiger partial charge in [-0.05, 0) is 42.0 Å². The fourth-order valence-corrected chi connectivity index (χ4v) is 4.79. The molecule has 5 aromatic rings. The predicted octanol–water partition coefficient (Wildman–Crippen LogP) is 5.48. The van der Waals surface area contributed by atoms with Gasteiger partial charge in [0.05, 0.1) is 41.5 Å². The van der Waals surface area contributed by atoms with Crippen LogP contribution in [0.3, 0.4) is 0 Å². The molecule has 1 amide bonds. The molecule has 0 radical (unpaired) electrons. The van der Waals surface area contributed by atoms with Crippen LogP contribution >= 0.6 is 0 Å². The maximum atomic E-state index is 13.8. The highest BCUT2D eigenvalue weighted by Gasteiger charge is 2.32. The van der Waals surface area contributed by atoms with Crippen molar-refractivity contribution in [3.05, 3.63) is 130 Å². The minimum atomic E-state index is -0.234. The number of ether oxygens (including phenoxy) is 1. The van der Waals surface area contributed by atoms with Gasteiger partial charge in [0.2, 0.25) is 0 Å². The summed E-state index contributed by atoms with van der Waals surface area (Å²) in [6.45, 7) is 0.443. The maximum Gasteiger partial charge on any atom is 0.266 e. The zero-order valence-electron chi connectivity index (χ0n) is 20.2. The van der Waals surface area contributed by atoms with Crippen molar-refractivity contribution >= 4 is 34.1 Å². The minimum absolute atomic E-state index is 0.140. The van der Waals surface area contributed by atoms with Crippen LogP contribution < -0.4 is 15.2 Å². The van der Waals surface area contributed by atoms with Gasteiger partial charge in [-0.25, -0.2) is 4.98 Å². The van der Waals surface area contributed by atoms with E-state index >= 15 is 0 Å². The molecule has 0 unspecified atom stereocenters. The molecule has 0 bridgehead atoms. The molecule has 0 saturated heterocycles. The van der Waals surface area contributed by atoms with Crippen molar-refractivity contribution in [1.82, 2.24) is 9.55 Å². The Bertz CT molecular complexity index is 1740. The van der Waals surface area contributed by atoms with Crippen LogP contribution in [-0.2, 0) is 11.3 Å². The van der Waals surface area contributed by atoms with E-state index in [-0.39, 0.29) is 11.5 Å². The first-order chi connectivity index (χ1) is 18.2. The number of hydrogen-bond donors (Lipinski definition) is 0. The molecule has 1 aliphatic heterocycles. The van der Waals surface area contributed by atoms with Gasteiger partial charge in [-0.15, -0.1) is 0 Å². The van der Waals surface area contributed by atoms with Crippen LogP contribution in [0.25, 0.3) is 28.2 Å². The number of benzene rings is 4. The van der Waals surface area contributed by atoms with Crippen LogP contribution in [0.5, 0.6) is 5.75 Å². The van der Waals surface area contributed by atoms with Crippen molar-refractivity contribution in [2.75, 3.05) is 12.0 Å². The van der Waals surface area contributed by atoms with Gasteiger partial charge in [-0.3, -0.25) is 14.2 Å². The highest BCUT2D eigenvalue weighted by atomic mass is 16.5. The van der Waals surface area contributed by atoms with Gasteiger partial charge >= 0.3 is 0 Å². The van der Waals surface area contributed by atoms with E-state index in [1.165, 1.54) is 4.57 Å². The summed E-state index contributed by atoms with van der Waals surface area (Å²) in [5, 5.41) is 0.486. The van der Waals surface area contributed by atoms with Gasteiger partial charge in [-0.2, -0.15) is 0 Å². The molecule has 0 saturated carbocycles. The summed E-state index contributed by atoms with van der Waals surface area (Å²) in [5.74, 6) is 0.747. The summed E-state index contributed by atoms with van der Waals surface area (Å²) in [6.07, 6.45) is 1.71. The normalized spacial score (nSPS) is 13.8. The first kappa shape index (κ1) is 22.5. The Morgan fingerprint density at radius 1 is 0.784 bits per heavy atom.